The van der Waals surface area contributed by atoms with E-state index in [9.17, 15) is 9.59 Å². The number of halogens is 1. The highest BCUT2D eigenvalue weighted by Crippen LogP contribution is 2.22. The zero-order valence-corrected chi connectivity index (χ0v) is 15.9. The van der Waals surface area contributed by atoms with Crippen molar-refractivity contribution < 1.29 is 9.59 Å². The molecule has 0 fully saturated rings. The van der Waals surface area contributed by atoms with Crippen LogP contribution in [0.5, 0.6) is 0 Å². The number of benzene rings is 2. The van der Waals surface area contributed by atoms with Crippen molar-refractivity contribution in [3.8, 4) is 0 Å². The molecule has 1 aromatic heterocycles. The molecule has 2 amide bonds. The quantitative estimate of drug-likeness (QED) is 0.610. The van der Waals surface area contributed by atoms with E-state index in [1.807, 2.05) is 55.4 Å². The van der Waals surface area contributed by atoms with Crippen molar-refractivity contribution in [2.45, 2.75) is 6.42 Å². The average molecular weight is 385 g/mol. The Bertz CT molecular complexity index is 964. The molecule has 0 bridgehead atoms. The van der Waals surface area contributed by atoms with Crippen LogP contribution < -0.4 is 15.5 Å². The first-order valence-electron chi connectivity index (χ1n) is 8.52. The summed E-state index contributed by atoms with van der Waals surface area (Å²) >= 11 is 6.02. The van der Waals surface area contributed by atoms with E-state index >= 15 is 0 Å². The van der Waals surface area contributed by atoms with Gasteiger partial charge in [-0.3, -0.25) is 9.59 Å². The van der Waals surface area contributed by atoms with Crippen LogP contribution >= 0.6 is 11.6 Å². The van der Waals surface area contributed by atoms with Gasteiger partial charge in [-0.1, -0.05) is 11.6 Å². The highest BCUT2D eigenvalue weighted by molar-refractivity contribution is 6.31. The smallest absolute Gasteiger partial charge is 0.243 e. The molecule has 7 heteroatoms. The van der Waals surface area contributed by atoms with E-state index < -0.39 is 0 Å². The molecule has 3 aromatic rings. The highest BCUT2D eigenvalue weighted by Gasteiger charge is 2.11. The molecule has 0 unspecified atom stereocenters. The second-order valence-corrected chi connectivity index (χ2v) is 6.88. The first-order chi connectivity index (χ1) is 12.9. The lowest BCUT2D eigenvalue weighted by atomic mass is 10.1. The number of aromatic amines is 1. The Morgan fingerprint density at radius 2 is 1.81 bits per heavy atom. The maximum atomic E-state index is 12.2. The van der Waals surface area contributed by atoms with Gasteiger partial charge in [-0.15, -0.1) is 0 Å². The first kappa shape index (κ1) is 18.8. The summed E-state index contributed by atoms with van der Waals surface area (Å²) in [4.78, 5) is 29.3. The molecule has 0 atom stereocenters. The molecule has 0 aliphatic rings. The topological polar surface area (TPSA) is 77.2 Å². The predicted octanol–water partition coefficient (Wildman–Crippen LogP) is 3.18. The Hall–Kier alpha value is -2.99. The van der Waals surface area contributed by atoms with E-state index in [0.717, 1.165) is 22.2 Å². The fourth-order valence-electron chi connectivity index (χ4n) is 2.76. The maximum Gasteiger partial charge on any atom is 0.243 e. The number of amides is 2. The van der Waals surface area contributed by atoms with Crippen LogP contribution in [0.25, 0.3) is 10.9 Å². The van der Waals surface area contributed by atoms with Crippen LogP contribution in [0.15, 0.2) is 48.7 Å². The molecule has 27 heavy (non-hydrogen) atoms. The number of carbonyl (C=O) groups excluding carboxylic acids is 2. The first-order valence-corrected chi connectivity index (χ1v) is 8.89. The zero-order valence-electron chi connectivity index (χ0n) is 15.2. The molecule has 140 valence electrons. The standard InChI is InChI=1S/C20H21ClN4O2/c1-25(2)16-6-4-15(5-7-16)24-20(27)12-23-19(26)9-13-11-22-18-8-3-14(21)10-17(13)18/h3-8,10-11,22H,9,12H2,1-2H3,(H,23,26)(H,24,27). The summed E-state index contributed by atoms with van der Waals surface area (Å²) in [6, 6.07) is 13.0. The number of fused-ring (bicyclic) bond motifs is 1. The molecule has 3 N–H and O–H groups in total. The van der Waals surface area contributed by atoms with Gasteiger partial charge >= 0.3 is 0 Å². The monoisotopic (exact) mass is 384 g/mol. The van der Waals surface area contributed by atoms with Crippen LogP contribution in [-0.2, 0) is 16.0 Å². The van der Waals surface area contributed by atoms with E-state index in [2.05, 4.69) is 15.6 Å². The molecule has 0 aliphatic carbocycles. The van der Waals surface area contributed by atoms with Gasteiger partial charge in [-0.05, 0) is 48.0 Å². The summed E-state index contributed by atoms with van der Waals surface area (Å²) in [6.45, 7) is -0.0859. The Balaban J connectivity index is 1.52. The van der Waals surface area contributed by atoms with Gasteiger partial charge in [0.05, 0.1) is 13.0 Å². The van der Waals surface area contributed by atoms with Crippen molar-refractivity contribution in [1.82, 2.24) is 10.3 Å². The number of hydrogen-bond acceptors (Lipinski definition) is 3. The van der Waals surface area contributed by atoms with Crippen molar-refractivity contribution in [3.05, 3.63) is 59.2 Å². The summed E-state index contributed by atoms with van der Waals surface area (Å²) in [5.74, 6) is -0.503. The lowest BCUT2D eigenvalue weighted by Gasteiger charge is -2.13. The van der Waals surface area contributed by atoms with Crippen LogP contribution in [0.1, 0.15) is 5.56 Å². The van der Waals surface area contributed by atoms with Crippen molar-refractivity contribution in [2.75, 3.05) is 30.9 Å². The Morgan fingerprint density at radius 1 is 1.07 bits per heavy atom. The Kier molecular flexibility index (Phi) is 5.66. The van der Waals surface area contributed by atoms with Crippen LogP contribution in [0.4, 0.5) is 11.4 Å². The van der Waals surface area contributed by atoms with Crippen molar-refractivity contribution in [1.29, 1.82) is 0 Å². The van der Waals surface area contributed by atoms with Gasteiger partial charge in [0.25, 0.3) is 0 Å². The van der Waals surface area contributed by atoms with Gasteiger partial charge in [0.1, 0.15) is 0 Å². The second-order valence-electron chi connectivity index (χ2n) is 6.45. The summed E-state index contributed by atoms with van der Waals surface area (Å²) in [5.41, 5.74) is 3.48. The normalized spacial score (nSPS) is 10.6. The Morgan fingerprint density at radius 3 is 2.52 bits per heavy atom. The van der Waals surface area contributed by atoms with Crippen LogP contribution in [0, 0.1) is 0 Å². The fourth-order valence-corrected chi connectivity index (χ4v) is 2.93. The lowest BCUT2D eigenvalue weighted by molar-refractivity contribution is -0.123. The fraction of sp³-hybridized carbons (Fsp3) is 0.200. The molecular weight excluding hydrogens is 364 g/mol. The van der Waals surface area contributed by atoms with Crippen molar-refractivity contribution in [3.63, 3.8) is 0 Å². The molecule has 6 nitrogen and oxygen atoms in total. The number of nitrogens with zero attached hydrogens (tertiary/aromatic N) is 1. The summed E-state index contributed by atoms with van der Waals surface area (Å²) in [5, 5.41) is 6.93. The molecule has 3 rings (SSSR count). The number of carbonyl (C=O) groups is 2. The molecular formula is C20H21ClN4O2. The molecule has 0 aliphatic heterocycles. The van der Waals surface area contributed by atoms with E-state index in [1.54, 1.807) is 12.3 Å². The largest absolute Gasteiger partial charge is 0.378 e. The minimum atomic E-state index is -0.275. The SMILES string of the molecule is CN(C)c1ccc(NC(=O)CNC(=O)Cc2c[nH]c3ccc(Cl)cc23)cc1. The van der Waals surface area contributed by atoms with Gasteiger partial charge < -0.3 is 20.5 Å². The number of aromatic nitrogens is 1. The Labute approximate surface area is 162 Å². The van der Waals surface area contributed by atoms with E-state index in [-0.39, 0.29) is 24.8 Å². The molecule has 1 heterocycles. The van der Waals surface area contributed by atoms with Crippen LogP contribution in [-0.4, -0.2) is 37.4 Å². The molecule has 0 saturated carbocycles. The van der Waals surface area contributed by atoms with Crippen LogP contribution in [0.3, 0.4) is 0 Å². The molecule has 0 spiro atoms. The minimum Gasteiger partial charge on any atom is -0.378 e. The van der Waals surface area contributed by atoms with Gasteiger partial charge in [-0.2, -0.15) is 0 Å². The van der Waals surface area contributed by atoms with Gasteiger partial charge in [0.2, 0.25) is 11.8 Å². The lowest BCUT2D eigenvalue weighted by Crippen LogP contribution is -2.33. The van der Waals surface area contributed by atoms with Crippen molar-refractivity contribution in [2.24, 2.45) is 0 Å². The summed E-state index contributed by atoms with van der Waals surface area (Å²) in [7, 11) is 3.90. The predicted molar refractivity (Wildman–Crippen MR) is 109 cm³/mol. The number of hydrogen-bond donors (Lipinski definition) is 3. The number of rotatable bonds is 6. The third kappa shape index (κ3) is 4.80. The average Bonchev–Trinajstić information content (AvgIpc) is 3.02. The van der Waals surface area contributed by atoms with Crippen LogP contribution in [0.2, 0.25) is 5.02 Å². The summed E-state index contributed by atoms with van der Waals surface area (Å²) in [6.07, 6.45) is 1.96. The zero-order chi connectivity index (χ0) is 19.4. The number of nitrogens with one attached hydrogen (secondary N) is 3. The maximum absolute atomic E-state index is 12.2. The van der Waals surface area contributed by atoms with Crippen molar-refractivity contribution >= 4 is 45.7 Å². The van der Waals surface area contributed by atoms with E-state index in [1.165, 1.54) is 0 Å². The number of anilines is 2. The third-order valence-corrected chi connectivity index (χ3v) is 4.43. The molecule has 0 saturated heterocycles. The van der Waals surface area contributed by atoms with Gasteiger partial charge in [0, 0.05) is 47.6 Å². The molecule has 2 aromatic carbocycles. The molecule has 0 radical (unpaired) electrons. The third-order valence-electron chi connectivity index (χ3n) is 4.19. The number of H-pyrrole nitrogens is 1. The highest BCUT2D eigenvalue weighted by atomic mass is 35.5. The van der Waals surface area contributed by atoms with E-state index in [0.29, 0.717) is 10.7 Å². The van der Waals surface area contributed by atoms with Gasteiger partial charge in [0.15, 0.2) is 0 Å². The van der Waals surface area contributed by atoms with Gasteiger partial charge in [-0.25, -0.2) is 0 Å². The van der Waals surface area contributed by atoms with E-state index in [4.69, 9.17) is 11.6 Å². The second kappa shape index (κ2) is 8.14. The summed E-state index contributed by atoms with van der Waals surface area (Å²) < 4.78 is 0. The minimum absolute atomic E-state index is 0.0859.